The molecule has 0 aromatic carbocycles. The van der Waals surface area contributed by atoms with Gasteiger partial charge in [-0.3, -0.25) is 4.99 Å². The van der Waals surface area contributed by atoms with E-state index >= 15 is 0 Å². The first-order valence-corrected chi connectivity index (χ1v) is 6.84. The summed E-state index contributed by atoms with van der Waals surface area (Å²) in [5.74, 6) is 2.21. The van der Waals surface area contributed by atoms with E-state index in [2.05, 4.69) is 31.1 Å². The van der Waals surface area contributed by atoms with Crippen LogP contribution in [0.2, 0.25) is 0 Å². The second kappa shape index (κ2) is 3.24. The van der Waals surface area contributed by atoms with Crippen LogP contribution < -0.4 is 5.32 Å². The van der Waals surface area contributed by atoms with Crippen LogP contribution in [-0.4, -0.2) is 18.4 Å². The fourth-order valence-corrected chi connectivity index (χ4v) is 4.28. The molecule has 0 amide bonds. The van der Waals surface area contributed by atoms with Crippen molar-refractivity contribution in [3.05, 3.63) is 0 Å². The molecule has 16 heavy (non-hydrogen) atoms. The van der Waals surface area contributed by atoms with E-state index in [0.29, 0.717) is 16.9 Å². The number of hydrogen-bond acceptors (Lipinski definition) is 2. The molecule has 0 radical (unpaired) electrons. The number of rotatable bonds is 1. The Morgan fingerprint density at radius 1 is 1.31 bits per heavy atom. The van der Waals surface area contributed by atoms with Crippen molar-refractivity contribution in [1.82, 2.24) is 5.32 Å². The first-order valence-electron chi connectivity index (χ1n) is 6.84. The number of amidine groups is 1. The van der Waals surface area contributed by atoms with Gasteiger partial charge in [0, 0.05) is 19.0 Å². The van der Waals surface area contributed by atoms with Gasteiger partial charge in [0.1, 0.15) is 0 Å². The van der Waals surface area contributed by atoms with E-state index in [1.807, 2.05) is 0 Å². The summed E-state index contributed by atoms with van der Waals surface area (Å²) in [5.41, 5.74) is 1.01. The predicted molar refractivity (Wildman–Crippen MR) is 67.7 cm³/mol. The maximum atomic E-state index is 4.57. The van der Waals surface area contributed by atoms with Gasteiger partial charge in [0.25, 0.3) is 0 Å². The molecule has 3 rings (SSSR count). The summed E-state index contributed by atoms with van der Waals surface area (Å²) in [4.78, 5) is 4.57. The zero-order chi connectivity index (χ0) is 11.4. The lowest BCUT2D eigenvalue weighted by molar-refractivity contribution is 0.129. The van der Waals surface area contributed by atoms with E-state index in [0.717, 1.165) is 12.5 Å². The molecule has 2 nitrogen and oxygen atoms in total. The minimum atomic E-state index is 0.489. The van der Waals surface area contributed by atoms with Crippen molar-refractivity contribution >= 4 is 5.84 Å². The highest BCUT2D eigenvalue weighted by Crippen LogP contribution is 2.65. The van der Waals surface area contributed by atoms with Gasteiger partial charge < -0.3 is 5.32 Å². The molecule has 0 aromatic rings. The minimum absolute atomic E-state index is 0.489. The van der Waals surface area contributed by atoms with Crippen molar-refractivity contribution < 1.29 is 0 Å². The second-order valence-corrected chi connectivity index (χ2v) is 6.74. The Kier molecular flexibility index (Phi) is 2.15. The van der Waals surface area contributed by atoms with Crippen molar-refractivity contribution in [1.29, 1.82) is 0 Å². The summed E-state index contributed by atoms with van der Waals surface area (Å²) >= 11 is 0. The number of aliphatic imine (C=N–C) groups is 1. The second-order valence-electron chi connectivity index (χ2n) is 6.74. The fourth-order valence-electron chi connectivity index (χ4n) is 4.28. The Labute approximate surface area is 98.9 Å². The Morgan fingerprint density at radius 3 is 2.62 bits per heavy atom. The van der Waals surface area contributed by atoms with Crippen molar-refractivity contribution in [3.63, 3.8) is 0 Å². The standard InChI is InChI=1S/C14H24N2/c1-13(2)10-6-7-14(13,3)11(9-10)16-12-5-4-8-15-12/h10-11H,4-9H2,1-3H3,(H,15,16)/t10-,11-,14-/m0/s1. The molecule has 0 spiro atoms. The molecule has 3 atom stereocenters. The molecular weight excluding hydrogens is 196 g/mol. The molecule has 1 N–H and O–H groups in total. The molecular formula is C14H24N2. The molecule has 3 aliphatic rings. The largest absolute Gasteiger partial charge is 0.371 e. The fraction of sp³-hybridized carbons (Fsp3) is 0.929. The monoisotopic (exact) mass is 220 g/mol. The lowest BCUT2D eigenvalue weighted by Crippen LogP contribution is -2.46. The third kappa shape index (κ3) is 1.22. The van der Waals surface area contributed by atoms with Crippen molar-refractivity contribution in [2.45, 2.75) is 58.9 Å². The van der Waals surface area contributed by atoms with Crippen LogP contribution in [0, 0.1) is 16.7 Å². The average molecular weight is 220 g/mol. The van der Waals surface area contributed by atoms with Crippen LogP contribution >= 0.6 is 0 Å². The van der Waals surface area contributed by atoms with Gasteiger partial charge in [0.15, 0.2) is 0 Å². The smallest absolute Gasteiger partial charge is 0.0966 e. The molecule has 2 fully saturated rings. The Balaban J connectivity index is 1.79. The van der Waals surface area contributed by atoms with Crippen LogP contribution in [0.4, 0.5) is 0 Å². The summed E-state index contributed by atoms with van der Waals surface area (Å²) in [6.07, 6.45) is 6.63. The highest BCUT2D eigenvalue weighted by molar-refractivity contribution is 5.84. The zero-order valence-electron chi connectivity index (χ0n) is 10.8. The lowest BCUT2D eigenvalue weighted by Gasteiger charge is -2.39. The Morgan fingerprint density at radius 2 is 2.12 bits per heavy atom. The summed E-state index contributed by atoms with van der Waals surface area (Å²) in [6, 6.07) is 0.679. The van der Waals surface area contributed by atoms with Gasteiger partial charge >= 0.3 is 0 Å². The van der Waals surface area contributed by atoms with Crippen LogP contribution in [0.5, 0.6) is 0 Å². The normalized spacial score (nSPS) is 44.8. The van der Waals surface area contributed by atoms with Gasteiger partial charge in [0.2, 0.25) is 0 Å². The number of nitrogens with zero attached hydrogens (tertiary/aromatic N) is 1. The van der Waals surface area contributed by atoms with E-state index in [-0.39, 0.29) is 0 Å². The van der Waals surface area contributed by atoms with Gasteiger partial charge in [-0.25, -0.2) is 0 Å². The van der Waals surface area contributed by atoms with Crippen molar-refractivity contribution in [2.24, 2.45) is 21.7 Å². The number of fused-ring (bicyclic) bond motifs is 2. The minimum Gasteiger partial charge on any atom is -0.371 e. The van der Waals surface area contributed by atoms with Gasteiger partial charge in [-0.2, -0.15) is 0 Å². The molecule has 2 saturated carbocycles. The molecule has 0 saturated heterocycles. The Hall–Kier alpha value is -0.530. The van der Waals surface area contributed by atoms with E-state index < -0.39 is 0 Å². The van der Waals surface area contributed by atoms with E-state index in [9.17, 15) is 0 Å². The van der Waals surface area contributed by atoms with Crippen molar-refractivity contribution in [3.8, 4) is 0 Å². The SMILES string of the molecule is CC1(C)[C@H]2CC[C@@]1(C)[C@@H](NC1=NCCC1)C2. The summed E-state index contributed by atoms with van der Waals surface area (Å²) in [6.45, 7) is 8.48. The zero-order valence-corrected chi connectivity index (χ0v) is 10.8. The molecule has 2 aliphatic carbocycles. The highest BCUT2D eigenvalue weighted by atomic mass is 15.1. The van der Waals surface area contributed by atoms with E-state index in [1.54, 1.807) is 0 Å². The van der Waals surface area contributed by atoms with Gasteiger partial charge in [-0.05, 0) is 42.4 Å². The average Bonchev–Trinajstić information content (AvgIpc) is 2.84. The third-order valence-electron chi connectivity index (χ3n) is 6.01. The number of nitrogens with one attached hydrogen (secondary N) is 1. The Bertz CT molecular complexity index is 332. The quantitative estimate of drug-likeness (QED) is 0.722. The van der Waals surface area contributed by atoms with Gasteiger partial charge in [-0.1, -0.05) is 20.8 Å². The maximum absolute atomic E-state index is 4.57. The maximum Gasteiger partial charge on any atom is 0.0966 e. The lowest BCUT2D eigenvalue weighted by atomic mass is 9.69. The van der Waals surface area contributed by atoms with E-state index in [1.165, 1.54) is 37.9 Å². The molecule has 90 valence electrons. The highest BCUT2D eigenvalue weighted by Gasteiger charge is 2.61. The molecule has 1 aliphatic heterocycles. The van der Waals surface area contributed by atoms with Gasteiger partial charge in [-0.15, -0.1) is 0 Å². The molecule has 2 heteroatoms. The topological polar surface area (TPSA) is 24.4 Å². The predicted octanol–water partition coefficient (Wildman–Crippen LogP) is 2.98. The van der Waals surface area contributed by atoms with Crippen LogP contribution in [-0.2, 0) is 0 Å². The summed E-state index contributed by atoms with van der Waals surface area (Å²) in [7, 11) is 0. The molecule has 0 aromatic heterocycles. The molecule has 2 bridgehead atoms. The first-order chi connectivity index (χ1) is 7.54. The number of hydrogen-bond donors (Lipinski definition) is 1. The van der Waals surface area contributed by atoms with Crippen LogP contribution in [0.15, 0.2) is 4.99 Å². The van der Waals surface area contributed by atoms with Crippen LogP contribution in [0.25, 0.3) is 0 Å². The first kappa shape index (κ1) is 10.6. The van der Waals surface area contributed by atoms with E-state index in [4.69, 9.17) is 0 Å². The molecule has 0 unspecified atom stereocenters. The van der Waals surface area contributed by atoms with Crippen LogP contribution in [0.3, 0.4) is 0 Å². The van der Waals surface area contributed by atoms with Crippen molar-refractivity contribution in [2.75, 3.05) is 6.54 Å². The third-order valence-corrected chi connectivity index (χ3v) is 6.01. The summed E-state index contributed by atoms with van der Waals surface area (Å²) < 4.78 is 0. The van der Waals surface area contributed by atoms with Gasteiger partial charge in [0.05, 0.1) is 5.84 Å². The van der Waals surface area contributed by atoms with Crippen LogP contribution in [0.1, 0.15) is 52.9 Å². The summed E-state index contributed by atoms with van der Waals surface area (Å²) in [5, 5.41) is 3.76. The molecule has 1 heterocycles.